The fraction of sp³-hybridized carbons (Fsp3) is 0.333. The minimum Gasteiger partial charge on any atom is -0.326 e. The van der Waals surface area contributed by atoms with Gasteiger partial charge in [0.05, 0.1) is 5.69 Å². The van der Waals surface area contributed by atoms with Gasteiger partial charge in [0, 0.05) is 18.3 Å². The highest BCUT2D eigenvalue weighted by Gasteiger charge is 2.07. The number of rotatable bonds is 5. The lowest BCUT2D eigenvalue weighted by atomic mass is 10.0. The lowest BCUT2D eigenvalue weighted by molar-refractivity contribution is -0.117. The lowest BCUT2D eigenvalue weighted by Gasteiger charge is -2.09. The molecule has 2 aromatic rings. The number of hydrogen-bond acceptors (Lipinski definition) is 2. The Morgan fingerprint density at radius 3 is 2.63 bits per heavy atom. The molecule has 0 saturated carbocycles. The highest BCUT2D eigenvalue weighted by molar-refractivity contribution is 5.91. The van der Waals surface area contributed by atoms with E-state index in [4.69, 9.17) is 0 Å². The van der Waals surface area contributed by atoms with E-state index in [0.717, 1.165) is 23.4 Å². The highest BCUT2D eigenvalue weighted by Crippen LogP contribution is 2.19. The second-order valence-corrected chi connectivity index (χ2v) is 4.81. The van der Waals surface area contributed by atoms with Gasteiger partial charge in [0.15, 0.2) is 0 Å². The molecular weight excluding hydrogens is 238 g/mol. The third-order valence-electron chi connectivity index (χ3n) is 3.21. The van der Waals surface area contributed by atoms with Crippen LogP contribution in [0, 0.1) is 5.92 Å². The average Bonchev–Trinajstić information content (AvgIpc) is 2.93. The van der Waals surface area contributed by atoms with Gasteiger partial charge in [0.1, 0.15) is 0 Å². The predicted molar refractivity (Wildman–Crippen MR) is 76.7 cm³/mol. The molecule has 1 atom stereocenters. The molecule has 0 aliphatic rings. The summed E-state index contributed by atoms with van der Waals surface area (Å²) in [5, 5.41) is 9.74. The van der Waals surface area contributed by atoms with Crippen molar-refractivity contribution in [3.05, 3.63) is 36.5 Å². The molecule has 2 N–H and O–H groups in total. The van der Waals surface area contributed by atoms with Crippen molar-refractivity contribution in [2.45, 2.75) is 26.7 Å². The van der Waals surface area contributed by atoms with Crippen LogP contribution in [-0.4, -0.2) is 16.1 Å². The first-order valence-electron chi connectivity index (χ1n) is 6.58. The standard InChI is InChI=1S/C15H19N3O/c1-3-11(2)10-15(19)17-13-6-4-12(5-7-13)14-8-9-16-18-14/h4-9,11H,3,10H2,1-2H3,(H,16,18)(H,17,19). The maximum absolute atomic E-state index is 11.8. The Morgan fingerprint density at radius 1 is 1.32 bits per heavy atom. The van der Waals surface area contributed by atoms with Crippen molar-refractivity contribution in [3.63, 3.8) is 0 Å². The molecule has 0 aliphatic heterocycles. The van der Waals surface area contributed by atoms with E-state index < -0.39 is 0 Å². The van der Waals surface area contributed by atoms with E-state index in [0.29, 0.717) is 12.3 Å². The molecule has 1 unspecified atom stereocenters. The van der Waals surface area contributed by atoms with Crippen molar-refractivity contribution in [1.82, 2.24) is 10.2 Å². The summed E-state index contributed by atoms with van der Waals surface area (Å²) in [6.45, 7) is 4.18. The monoisotopic (exact) mass is 257 g/mol. The van der Waals surface area contributed by atoms with E-state index in [1.807, 2.05) is 30.3 Å². The van der Waals surface area contributed by atoms with Crippen LogP contribution >= 0.6 is 0 Å². The summed E-state index contributed by atoms with van der Waals surface area (Å²) >= 11 is 0. The zero-order chi connectivity index (χ0) is 13.7. The first kappa shape index (κ1) is 13.3. The van der Waals surface area contributed by atoms with Crippen molar-refractivity contribution in [1.29, 1.82) is 0 Å². The Labute approximate surface area is 113 Å². The zero-order valence-electron chi connectivity index (χ0n) is 11.3. The number of amides is 1. The van der Waals surface area contributed by atoms with Gasteiger partial charge in [-0.05, 0) is 29.7 Å². The van der Waals surface area contributed by atoms with Crippen molar-refractivity contribution >= 4 is 11.6 Å². The molecule has 0 spiro atoms. The van der Waals surface area contributed by atoms with Gasteiger partial charge in [0.2, 0.25) is 5.91 Å². The molecule has 1 heterocycles. The molecule has 1 aromatic heterocycles. The van der Waals surface area contributed by atoms with E-state index >= 15 is 0 Å². The zero-order valence-corrected chi connectivity index (χ0v) is 11.3. The van der Waals surface area contributed by atoms with E-state index in [9.17, 15) is 4.79 Å². The number of anilines is 1. The Hall–Kier alpha value is -2.10. The van der Waals surface area contributed by atoms with E-state index in [1.165, 1.54) is 0 Å². The van der Waals surface area contributed by atoms with E-state index in [1.54, 1.807) is 6.20 Å². The first-order chi connectivity index (χ1) is 9.19. The largest absolute Gasteiger partial charge is 0.326 e. The highest BCUT2D eigenvalue weighted by atomic mass is 16.1. The average molecular weight is 257 g/mol. The maximum Gasteiger partial charge on any atom is 0.224 e. The van der Waals surface area contributed by atoms with Gasteiger partial charge in [-0.25, -0.2) is 0 Å². The fourth-order valence-corrected chi connectivity index (χ4v) is 1.82. The Morgan fingerprint density at radius 2 is 2.05 bits per heavy atom. The number of H-pyrrole nitrogens is 1. The molecule has 0 radical (unpaired) electrons. The SMILES string of the molecule is CCC(C)CC(=O)Nc1ccc(-c2ccn[nH]2)cc1. The summed E-state index contributed by atoms with van der Waals surface area (Å²) in [6.07, 6.45) is 3.31. The van der Waals surface area contributed by atoms with E-state index in [2.05, 4.69) is 29.4 Å². The van der Waals surface area contributed by atoms with Crippen LogP contribution in [0.4, 0.5) is 5.69 Å². The van der Waals surface area contributed by atoms with E-state index in [-0.39, 0.29) is 5.91 Å². The van der Waals surface area contributed by atoms with Gasteiger partial charge in [-0.15, -0.1) is 0 Å². The predicted octanol–water partition coefficient (Wildman–Crippen LogP) is 3.45. The first-order valence-corrected chi connectivity index (χ1v) is 6.58. The molecule has 2 rings (SSSR count). The van der Waals surface area contributed by atoms with Crippen LogP contribution in [0.2, 0.25) is 0 Å². The van der Waals surface area contributed by atoms with Crippen LogP contribution in [0.3, 0.4) is 0 Å². The molecule has 0 bridgehead atoms. The van der Waals surface area contributed by atoms with Gasteiger partial charge in [-0.1, -0.05) is 32.4 Å². The van der Waals surface area contributed by atoms with Crippen LogP contribution in [-0.2, 0) is 4.79 Å². The lowest BCUT2D eigenvalue weighted by Crippen LogP contribution is -2.14. The topological polar surface area (TPSA) is 57.8 Å². The number of nitrogens with one attached hydrogen (secondary N) is 2. The van der Waals surface area contributed by atoms with Gasteiger partial charge < -0.3 is 5.32 Å². The number of aromatic nitrogens is 2. The summed E-state index contributed by atoms with van der Waals surface area (Å²) in [4.78, 5) is 11.8. The minimum absolute atomic E-state index is 0.0728. The van der Waals surface area contributed by atoms with Crippen LogP contribution in [0.5, 0.6) is 0 Å². The molecule has 1 amide bonds. The van der Waals surface area contributed by atoms with Crippen LogP contribution < -0.4 is 5.32 Å². The molecule has 19 heavy (non-hydrogen) atoms. The van der Waals surface area contributed by atoms with Gasteiger partial charge in [-0.2, -0.15) is 5.10 Å². The van der Waals surface area contributed by atoms with Crippen molar-refractivity contribution < 1.29 is 4.79 Å². The third kappa shape index (κ3) is 3.68. The number of aromatic amines is 1. The van der Waals surface area contributed by atoms with Crippen molar-refractivity contribution in [2.24, 2.45) is 5.92 Å². The van der Waals surface area contributed by atoms with Gasteiger partial charge in [-0.3, -0.25) is 9.89 Å². The number of hydrogen-bond donors (Lipinski definition) is 2. The van der Waals surface area contributed by atoms with Crippen LogP contribution in [0.15, 0.2) is 36.5 Å². The van der Waals surface area contributed by atoms with Gasteiger partial charge in [0.25, 0.3) is 0 Å². The summed E-state index contributed by atoms with van der Waals surface area (Å²) in [5.74, 6) is 0.493. The minimum atomic E-state index is 0.0728. The fourth-order valence-electron chi connectivity index (χ4n) is 1.82. The quantitative estimate of drug-likeness (QED) is 0.861. The summed E-state index contributed by atoms with van der Waals surface area (Å²) in [5.41, 5.74) is 2.85. The second kappa shape index (κ2) is 6.18. The number of benzene rings is 1. The second-order valence-electron chi connectivity index (χ2n) is 4.81. The molecule has 100 valence electrons. The Bertz CT molecular complexity index is 517. The maximum atomic E-state index is 11.8. The Balaban J connectivity index is 1.97. The Kier molecular flexibility index (Phi) is 4.34. The smallest absolute Gasteiger partial charge is 0.224 e. The van der Waals surface area contributed by atoms with Crippen LogP contribution in [0.25, 0.3) is 11.3 Å². The molecule has 0 fully saturated rings. The normalized spacial score (nSPS) is 12.1. The molecule has 0 aliphatic carbocycles. The molecule has 0 saturated heterocycles. The van der Waals surface area contributed by atoms with Crippen molar-refractivity contribution in [2.75, 3.05) is 5.32 Å². The third-order valence-corrected chi connectivity index (χ3v) is 3.21. The molecule has 4 heteroatoms. The number of nitrogens with zero attached hydrogens (tertiary/aromatic N) is 1. The van der Waals surface area contributed by atoms with Crippen LogP contribution in [0.1, 0.15) is 26.7 Å². The molecule has 1 aromatic carbocycles. The van der Waals surface area contributed by atoms with Crippen molar-refractivity contribution in [3.8, 4) is 11.3 Å². The molecule has 4 nitrogen and oxygen atoms in total. The summed E-state index contributed by atoms with van der Waals surface area (Å²) in [6, 6.07) is 9.66. The van der Waals surface area contributed by atoms with Gasteiger partial charge >= 0.3 is 0 Å². The molecular formula is C15H19N3O. The summed E-state index contributed by atoms with van der Waals surface area (Å²) in [7, 11) is 0. The number of carbonyl (C=O) groups is 1. The number of carbonyl (C=O) groups excluding carboxylic acids is 1. The summed E-state index contributed by atoms with van der Waals surface area (Å²) < 4.78 is 0.